The number of benzene rings is 1. The topological polar surface area (TPSA) is 68.1 Å². The Labute approximate surface area is 117 Å². The van der Waals surface area contributed by atoms with Crippen LogP contribution in [-0.4, -0.2) is 9.91 Å². The van der Waals surface area contributed by atoms with Crippen LogP contribution in [0.15, 0.2) is 24.4 Å². The zero-order valence-corrected chi connectivity index (χ0v) is 11.2. The first-order valence-corrected chi connectivity index (χ1v) is 6.41. The van der Waals surface area contributed by atoms with Crippen molar-refractivity contribution in [2.45, 2.75) is 6.54 Å². The second-order valence-electron chi connectivity index (χ2n) is 3.35. The fraction of sp³-hybridized carbons (Fsp3) is 0.100. The van der Waals surface area contributed by atoms with E-state index < -0.39 is 4.92 Å². The maximum atomic E-state index is 10.9. The van der Waals surface area contributed by atoms with Gasteiger partial charge in [0.15, 0.2) is 4.47 Å². The maximum Gasteiger partial charge on any atom is 0.293 e. The SMILES string of the molecule is O=[N+]([O-])c1cc(Cl)ccc1NCc1cnc(Cl)s1. The molecule has 0 bridgehead atoms. The van der Waals surface area contributed by atoms with Crippen LogP contribution >= 0.6 is 34.5 Å². The van der Waals surface area contributed by atoms with Gasteiger partial charge in [0, 0.05) is 22.2 Å². The van der Waals surface area contributed by atoms with E-state index in [9.17, 15) is 10.1 Å². The minimum atomic E-state index is -0.478. The van der Waals surface area contributed by atoms with Crippen LogP contribution in [0.3, 0.4) is 0 Å². The summed E-state index contributed by atoms with van der Waals surface area (Å²) in [6, 6.07) is 4.48. The smallest absolute Gasteiger partial charge is 0.293 e. The zero-order valence-electron chi connectivity index (χ0n) is 8.89. The molecule has 0 spiro atoms. The monoisotopic (exact) mass is 303 g/mol. The number of nitro groups is 1. The van der Waals surface area contributed by atoms with Crippen LogP contribution in [-0.2, 0) is 6.54 Å². The molecular formula is C10H7Cl2N3O2S. The summed E-state index contributed by atoms with van der Waals surface area (Å²) >= 11 is 12.7. The molecule has 0 fully saturated rings. The van der Waals surface area contributed by atoms with E-state index in [4.69, 9.17) is 23.2 Å². The number of hydrogen-bond acceptors (Lipinski definition) is 5. The predicted molar refractivity (Wildman–Crippen MR) is 72.6 cm³/mol. The van der Waals surface area contributed by atoms with Gasteiger partial charge in [-0.15, -0.1) is 11.3 Å². The molecule has 0 unspecified atom stereocenters. The van der Waals surface area contributed by atoms with Gasteiger partial charge in [-0.25, -0.2) is 4.98 Å². The van der Waals surface area contributed by atoms with E-state index >= 15 is 0 Å². The zero-order chi connectivity index (χ0) is 13.1. The standard InChI is InChI=1S/C10H7Cl2N3O2S/c11-6-1-2-8(9(3-6)15(16)17)13-4-7-5-14-10(12)18-7/h1-3,5,13H,4H2. The van der Waals surface area contributed by atoms with Crippen molar-refractivity contribution in [2.24, 2.45) is 0 Å². The number of nitrogens with one attached hydrogen (secondary N) is 1. The molecule has 0 saturated heterocycles. The number of nitro benzene ring substituents is 1. The molecule has 0 radical (unpaired) electrons. The highest BCUT2D eigenvalue weighted by Crippen LogP contribution is 2.28. The predicted octanol–water partition coefficient (Wildman–Crippen LogP) is 3.97. The molecule has 0 aliphatic rings. The van der Waals surface area contributed by atoms with E-state index in [0.29, 0.717) is 21.7 Å². The number of hydrogen-bond donors (Lipinski definition) is 1. The van der Waals surface area contributed by atoms with E-state index in [1.54, 1.807) is 18.3 Å². The first-order chi connectivity index (χ1) is 8.56. The molecule has 8 heteroatoms. The van der Waals surface area contributed by atoms with Crippen LogP contribution in [0.1, 0.15) is 4.88 Å². The third-order valence-corrected chi connectivity index (χ3v) is 3.48. The Hall–Kier alpha value is -1.37. The average Bonchev–Trinajstić information content (AvgIpc) is 2.73. The van der Waals surface area contributed by atoms with Crippen molar-refractivity contribution in [3.8, 4) is 0 Å². The molecule has 0 aliphatic carbocycles. The second kappa shape index (κ2) is 5.51. The van der Waals surface area contributed by atoms with Crippen molar-refractivity contribution in [3.05, 3.63) is 48.9 Å². The molecule has 2 aromatic rings. The number of nitrogens with zero attached hydrogens (tertiary/aromatic N) is 2. The lowest BCUT2D eigenvalue weighted by molar-refractivity contribution is -0.383. The van der Waals surface area contributed by atoms with Gasteiger partial charge in [-0.1, -0.05) is 23.2 Å². The lowest BCUT2D eigenvalue weighted by Crippen LogP contribution is -2.01. The quantitative estimate of drug-likeness (QED) is 0.685. The van der Waals surface area contributed by atoms with Crippen LogP contribution in [0, 0.1) is 10.1 Å². The normalized spacial score (nSPS) is 10.3. The van der Waals surface area contributed by atoms with Gasteiger partial charge in [0.05, 0.1) is 11.5 Å². The van der Waals surface area contributed by atoms with Crippen LogP contribution in [0.4, 0.5) is 11.4 Å². The molecule has 5 nitrogen and oxygen atoms in total. The molecule has 1 heterocycles. The Balaban J connectivity index is 2.16. The van der Waals surface area contributed by atoms with Crippen LogP contribution < -0.4 is 5.32 Å². The lowest BCUT2D eigenvalue weighted by atomic mass is 10.2. The maximum absolute atomic E-state index is 10.9. The van der Waals surface area contributed by atoms with Gasteiger partial charge in [-0.3, -0.25) is 10.1 Å². The fourth-order valence-electron chi connectivity index (χ4n) is 1.35. The summed E-state index contributed by atoms with van der Waals surface area (Å²) in [6.07, 6.45) is 1.63. The summed E-state index contributed by atoms with van der Waals surface area (Å²) < 4.78 is 0.442. The highest BCUT2D eigenvalue weighted by atomic mass is 35.5. The van der Waals surface area contributed by atoms with Crippen LogP contribution in [0.2, 0.25) is 9.49 Å². The Morgan fingerprint density at radius 1 is 1.44 bits per heavy atom. The Bertz CT molecular complexity index is 588. The minimum Gasteiger partial charge on any atom is -0.375 e. The van der Waals surface area contributed by atoms with Crippen molar-refractivity contribution >= 4 is 45.9 Å². The van der Waals surface area contributed by atoms with Gasteiger partial charge in [-0.05, 0) is 12.1 Å². The molecule has 1 aromatic carbocycles. The van der Waals surface area contributed by atoms with E-state index in [-0.39, 0.29) is 5.69 Å². The van der Waals surface area contributed by atoms with Gasteiger partial charge < -0.3 is 5.32 Å². The van der Waals surface area contributed by atoms with E-state index in [0.717, 1.165) is 4.88 Å². The van der Waals surface area contributed by atoms with Crippen molar-refractivity contribution in [3.63, 3.8) is 0 Å². The van der Waals surface area contributed by atoms with Crippen LogP contribution in [0.25, 0.3) is 0 Å². The highest BCUT2D eigenvalue weighted by molar-refractivity contribution is 7.15. The van der Waals surface area contributed by atoms with E-state index in [1.165, 1.54) is 17.4 Å². The summed E-state index contributed by atoms with van der Waals surface area (Å²) in [7, 11) is 0. The second-order valence-corrected chi connectivity index (χ2v) is 5.49. The van der Waals surface area contributed by atoms with Gasteiger partial charge in [0.25, 0.3) is 5.69 Å². The molecule has 1 N–H and O–H groups in total. The Kier molecular flexibility index (Phi) is 4.00. The third kappa shape index (κ3) is 3.10. The van der Waals surface area contributed by atoms with Crippen molar-refractivity contribution in [1.29, 1.82) is 0 Å². The molecule has 18 heavy (non-hydrogen) atoms. The van der Waals surface area contributed by atoms with Gasteiger partial charge in [0.1, 0.15) is 5.69 Å². The first kappa shape index (κ1) is 13.1. The van der Waals surface area contributed by atoms with Crippen molar-refractivity contribution in [2.75, 3.05) is 5.32 Å². The summed E-state index contributed by atoms with van der Waals surface area (Å²) in [5, 5.41) is 14.2. The number of halogens is 2. The lowest BCUT2D eigenvalue weighted by Gasteiger charge is -2.05. The van der Waals surface area contributed by atoms with Crippen LogP contribution in [0.5, 0.6) is 0 Å². The molecule has 1 aromatic heterocycles. The first-order valence-electron chi connectivity index (χ1n) is 4.84. The van der Waals surface area contributed by atoms with Crippen molar-refractivity contribution < 1.29 is 4.92 Å². The van der Waals surface area contributed by atoms with E-state index in [2.05, 4.69) is 10.3 Å². The third-order valence-electron chi connectivity index (χ3n) is 2.13. The number of anilines is 1. The summed E-state index contributed by atoms with van der Waals surface area (Å²) in [4.78, 5) is 15.2. The Morgan fingerprint density at radius 2 is 2.22 bits per heavy atom. The summed E-state index contributed by atoms with van der Waals surface area (Å²) in [5.41, 5.74) is 0.354. The van der Waals surface area contributed by atoms with Gasteiger partial charge in [-0.2, -0.15) is 0 Å². The summed E-state index contributed by atoms with van der Waals surface area (Å²) in [6.45, 7) is 0.423. The molecule has 94 valence electrons. The van der Waals surface area contributed by atoms with Gasteiger partial charge in [0.2, 0.25) is 0 Å². The average molecular weight is 304 g/mol. The fourth-order valence-corrected chi connectivity index (χ4v) is 2.44. The highest BCUT2D eigenvalue weighted by Gasteiger charge is 2.14. The molecule has 0 saturated carbocycles. The molecule has 0 aliphatic heterocycles. The number of aromatic nitrogens is 1. The van der Waals surface area contributed by atoms with E-state index in [1.807, 2.05) is 0 Å². The molecule has 0 atom stereocenters. The minimum absolute atomic E-state index is 0.0573. The Morgan fingerprint density at radius 3 is 2.83 bits per heavy atom. The number of rotatable bonds is 4. The summed E-state index contributed by atoms with van der Waals surface area (Å²) in [5.74, 6) is 0. The molecule has 2 rings (SSSR count). The van der Waals surface area contributed by atoms with Gasteiger partial charge >= 0.3 is 0 Å². The molecule has 0 amide bonds. The van der Waals surface area contributed by atoms with Crippen molar-refractivity contribution in [1.82, 2.24) is 4.98 Å². The largest absolute Gasteiger partial charge is 0.375 e. The number of thiazole rings is 1. The molecular weight excluding hydrogens is 297 g/mol.